The van der Waals surface area contributed by atoms with E-state index < -0.39 is 11.7 Å². The second-order valence-electron chi connectivity index (χ2n) is 7.66. The molecule has 0 bridgehead atoms. The predicted molar refractivity (Wildman–Crippen MR) is 121 cm³/mol. The van der Waals surface area contributed by atoms with E-state index in [1.807, 2.05) is 12.1 Å². The summed E-state index contributed by atoms with van der Waals surface area (Å²) in [7, 11) is 1.57. The standard InChI is InChI=1S/C21H24N4O4S2/c1-12-24-18-15(8-13(28-5)9-22-18)19(25-12)30-11-16(26)17-7-6-14(31-17)10-23-20(27)29-21(2,3)4/h6-9H,10-11H2,1-5H3,(H,23,27). The SMILES string of the molecule is COc1cnc2nc(C)nc(SCC(=O)c3ccc(CNC(=O)OC(C)(C)C)s3)c2c1. The minimum Gasteiger partial charge on any atom is -0.495 e. The van der Waals surface area contributed by atoms with Gasteiger partial charge in [-0.1, -0.05) is 11.8 Å². The van der Waals surface area contributed by atoms with Crippen LogP contribution < -0.4 is 10.1 Å². The molecule has 0 saturated heterocycles. The summed E-state index contributed by atoms with van der Waals surface area (Å²) >= 11 is 2.69. The number of nitrogens with zero attached hydrogens (tertiary/aromatic N) is 3. The van der Waals surface area contributed by atoms with Crippen molar-refractivity contribution in [1.82, 2.24) is 20.3 Å². The van der Waals surface area contributed by atoms with Gasteiger partial charge in [0.2, 0.25) is 0 Å². The van der Waals surface area contributed by atoms with Crippen LogP contribution in [0.4, 0.5) is 4.79 Å². The molecule has 3 aromatic heterocycles. The minimum absolute atomic E-state index is 0.0150. The molecule has 1 amide bonds. The summed E-state index contributed by atoms with van der Waals surface area (Å²) in [6, 6.07) is 5.42. The molecule has 8 nitrogen and oxygen atoms in total. The molecule has 0 saturated carbocycles. The number of nitrogens with one attached hydrogen (secondary N) is 1. The Kier molecular flexibility index (Phi) is 7.11. The molecule has 0 unspecified atom stereocenters. The Bertz CT molecular complexity index is 1110. The van der Waals surface area contributed by atoms with Crippen molar-refractivity contribution in [2.45, 2.75) is 44.9 Å². The number of methoxy groups -OCH3 is 1. The van der Waals surface area contributed by atoms with E-state index in [-0.39, 0.29) is 11.5 Å². The number of ketones is 1. The number of pyridine rings is 1. The summed E-state index contributed by atoms with van der Waals surface area (Å²) in [4.78, 5) is 39.1. The smallest absolute Gasteiger partial charge is 0.407 e. The number of rotatable bonds is 7. The number of ether oxygens (including phenoxy) is 2. The third kappa shape index (κ3) is 6.38. The van der Waals surface area contributed by atoms with Gasteiger partial charge in [0.05, 0.1) is 35.9 Å². The summed E-state index contributed by atoms with van der Waals surface area (Å²) < 4.78 is 10.5. The van der Waals surface area contributed by atoms with Gasteiger partial charge in [0.1, 0.15) is 22.2 Å². The summed E-state index contributed by atoms with van der Waals surface area (Å²) in [6.07, 6.45) is 1.12. The van der Waals surface area contributed by atoms with E-state index in [0.29, 0.717) is 33.7 Å². The number of hydrogen-bond acceptors (Lipinski definition) is 9. The fourth-order valence-electron chi connectivity index (χ4n) is 2.59. The van der Waals surface area contributed by atoms with Gasteiger partial charge in [-0.25, -0.2) is 19.7 Å². The Hall–Kier alpha value is -2.72. The summed E-state index contributed by atoms with van der Waals surface area (Å²) in [6.45, 7) is 7.52. The second-order valence-corrected chi connectivity index (χ2v) is 9.79. The van der Waals surface area contributed by atoms with Crippen molar-refractivity contribution in [2.24, 2.45) is 0 Å². The van der Waals surface area contributed by atoms with Crippen LogP contribution in [0.2, 0.25) is 0 Å². The maximum absolute atomic E-state index is 12.7. The number of fused-ring (bicyclic) bond motifs is 1. The Morgan fingerprint density at radius 3 is 2.71 bits per heavy atom. The normalized spacial score (nSPS) is 11.4. The lowest BCUT2D eigenvalue weighted by Gasteiger charge is -2.19. The third-order valence-corrected chi connectivity index (χ3v) is 6.04. The van der Waals surface area contributed by atoms with E-state index in [2.05, 4.69) is 20.3 Å². The molecule has 0 aromatic carbocycles. The number of alkyl carbamates (subject to hydrolysis) is 1. The zero-order chi connectivity index (χ0) is 22.6. The summed E-state index contributed by atoms with van der Waals surface area (Å²) in [5, 5.41) is 4.13. The Morgan fingerprint density at radius 1 is 1.23 bits per heavy atom. The Morgan fingerprint density at radius 2 is 2.00 bits per heavy atom. The number of thioether (sulfide) groups is 1. The van der Waals surface area contributed by atoms with Crippen LogP contribution in [-0.4, -0.2) is 45.3 Å². The maximum atomic E-state index is 12.7. The highest BCUT2D eigenvalue weighted by Gasteiger charge is 2.17. The van der Waals surface area contributed by atoms with E-state index in [9.17, 15) is 9.59 Å². The highest BCUT2D eigenvalue weighted by atomic mass is 32.2. The monoisotopic (exact) mass is 460 g/mol. The average Bonchev–Trinajstić information content (AvgIpc) is 3.18. The summed E-state index contributed by atoms with van der Waals surface area (Å²) in [5.74, 6) is 1.40. The van der Waals surface area contributed by atoms with E-state index in [1.54, 1.807) is 47.1 Å². The van der Waals surface area contributed by atoms with E-state index in [0.717, 1.165) is 10.3 Å². The molecule has 0 aliphatic heterocycles. The molecular formula is C21H24N4O4S2. The van der Waals surface area contributed by atoms with Gasteiger partial charge in [0, 0.05) is 4.88 Å². The largest absolute Gasteiger partial charge is 0.495 e. The molecule has 3 aromatic rings. The van der Waals surface area contributed by atoms with E-state index in [1.165, 1.54) is 23.1 Å². The van der Waals surface area contributed by atoms with Crippen LogP contribution in [0, 0.1) is 6.92 Å². The van der Waals surface area contributed by atoms with Crippen molar-refractivity contribution in [1.29, 1.82) is 0 Å². The summed E-state index contributed by atoms with van der Waals surface area (Å²) in [5.41, 5.74) is 0.0101. The zero-order valence-electron chi connectivity index (χ0n) is 18.0. The number of Topliss-reactive ketones (excluding diaryl/α,β-unsaturated/α-hetero) is 1. The van der Waals surface area contributed by atoms with Crippen LogP contribution in [0.3, 0.4) is 0 Å². The first-order valence-electron chi connectivity index (χ1n) is 9.54. The van der Waals surface area contributed by atoms with Crippen LogP contribution in [0.15, 0.2) is 29.4 Å². The first-order chi connectivity index (χ1) is 14.6. The van der Waals surface area contributed by atoms with Crippen LogP contribution >= 0.6 is 23.1 Å². The first kappa shape index (κ1) is 23.0. The maximum Gasteiger partial charge on any atom is 0.407 e. The minimum atomic E-state index is -0.555. The van der Waals surface area contributed by atoms with Crippen LogP contribution in [0.5, 0.6) is 5.75 Å². The Labute approximate surface area is 188 Å². The molecule has 0 atom stereocenters. The molecule has 164 valence electrons. The topological polar surface area (TPSA) is 103 Å². The molecule has 0 radical (unpaired) electrons. The molecular weight excluding hydrogens is 436 g/mol. The first-order valence-corrected chi connectivity index (χ1v) is 11.3. The van der Waals surface area contributed by atoms with Gasteiger partial charge in [-0.05, 0) is 45.9 Å². The van der Waals surface area contributed by atoms with Crippen molar-refractivity contribution >= 4 is 46.0 Å². The third-order valence-electron chi connectivity index (χ3n) is 3.92. The lowest BCUT2D eigenvalue weighted by atomic mass is 10.2. The van der Waals surface area contributed by atoms with E-state index in [4.69, 9.17) is 9.47 Å². The van der Waals surface area contributed by atoms with E-state index >= 15 is 0 Å². The quantitative estimate of drug-likeness (QED) is 0.314. The average molecular weight is 461 g/mol. The highest BCUT2D eigenvalue weighted by Crippen LogP contribution is 2.28. The number of hydrogen-bond donors (Lipinski definition) is 1. The van der Waals surface area contributed by atoms with Crippen molar-refractivity contribution < 1.29 is 19.1 Å². The van der Waals surface area contributed by atoms with Crippen LogP contribution in [0.1, 0.15) is 41.1 Å². The Balaban J connectivity index is 1.63. The fraction of sp³-hybridized carbons (Fsp3) is 0.381. The number of carbonyl (C=O) groups is 2. The van der Waals surface area contributed by atoms with Gasteiger partial charge in [0.15, 0.2) is 11.4 Å². The van der Waals surface area contributed by atoms with Crippen LogP contribution in [-0.2, 0) is 11.3 Å². The second kappa shape index (κ2) is 9.61. The van der Waals surface area contributed by atoms with Gasteiger partial charge in [0.25, 0.3) is 0 Å². The number of carbonyl (C=O) groups excluding carboxylic acids is 2. The van der Waals surface area contributed by atoms with Crippen molar-refractivity contribution in [3.8, 4) is 5.75 Å². The molecule has 3 heterocycles. The zero-order valence-corrected chi connectivity index (χ0v) is 19.6. The van der Waals surface area contributed by atoms with Crippen molar-refractivity contribution in [2.75, 3.05) is 12.9 Å². The van der Waals surface area contributed by atoms with Gasteiger partial charge in [-0.3, -0.25) is 4.79 Å². The molecule has 0 fully saturated rings. The van der Waals surface area contributed by atoms with Crippen molar-refractivity contribution in [3.05, 3.63) is 40.0 Å². The predicted octanol–water partition coefficient (Wildman–Crippen LogP) is 4.40. The molecule has 1 N–H and O–H groups in total. The van der Waals surface area contributed by atoms with Gasteiger partial charge >= 0.3 is 6.09 Å². The molecule has 10 heteroatoms. The lowest BCUT2D eigenvalue weighted by Crippen LogP contribution is -2.31. The highest BCUT2D eigenvalue weighted by molar-refractivity contribution is 8.00. The fourth-order valence-corrected chi connectivity index (χ4v) is 4.50. The number of amides is 1. The van der Waals surface area contributed by atoms with Gasteiger partial charge < -0.3 is 14.8 Å². The van der Waals surface area contributed by atoms with Gasteiger partial charge in [-0.2, -0.15) is 0 Å². The molecule has 0 spiro atoms. The van der Waals surface area contributed by atoms with Crippen molar-refractivity contribution in [3.63, 3.8) is 0 Å². The lowest BCUT2D eigenvalue weighted by molar-refractivity contribution is 0.0524. The molecule has 0 aliphatic rings. The van der Waals surface area contributed by atoms with Gasteiger partial charge in [-0.15, -0.1) is 11.3 Å². The number of aryl methyl sites for hydroxylation is 1. The van der Waals surface area contributed by atoms with Crippen LogP contribution in [0.25, 0.3) is 11.0 Å². The molecule has 31 heavy (non-hydrogen) atoms. The molecule has 3 rings (SSSR count). The number of aromatic nitrogens is 3. The molecule has 0 aliphatic carbocycles. The number of thiophene rings is 1.